The molecule has 0 spiro atoms. The molecular formula is C83H48N6O. The van der Waals surface area contributed by atoms with Crippen LogP contribution in [-0.2, 0) is 6.54 Å². The van der Waals surface area contributed by atoms with Crippen LogP contribution in [0.15, 0.2) is 283 Å². The first kappa shape index (κ1) is 49.8. The molecule has 0 radical (unpaired) electrons. The molecule has 0 N–H and O–H groups in total. The molecule has 7 nitrogen and oxygen atoms in total. The zero-order valence-corrected chi connectivity index (χ0v) is 48.4. The maximum Gasteiger partial charge on any atom is 0.159 e. The molecule has 0 fully saturated rings. The molecule has 0 atom stereocenters. The Labute approximate surface area is 514 Å². The van der Waals surface area contributed by atoms with Gasteiger partial charge in [0.1, 0.15) is 23.3 Å². The van der Waals surface area contributed by atoms with E-state index in [1.54, 1.807) is 0 Å². The summed E-state index contributed by atoms with van der Waals surface area (Å²) in [4.78, 5) is 0. The molecule has 0 aliphatic rings. The van der Waals surface area contributed by atoms with E-state index >= 15 is 0 Å². The lowest BCUT2D eigenvalue weighted by atomic mass is 9.90. The number of nitrogens with zero attached hydrogens (tertiary/aromatic N) is 6. The number of nitriles is 2. The normalized spacial score (nSPS) is 12.0. The number of para-hydroxylation sites is 7. The summed E-state index contributed by atoms with van der Waals surface area (Å²) in [6, 6.07) is 105. The summed E-state index contributed by atoms with van der Waals surface area (Å²) >= 11 is 0. The Kier molecular flexibility index (Phi) is 10.5. The van der Waals surface area contributed by atoms with Crippen LogP contribution in [0.1, 0.15) is 16.7 Å². The first-order valence-corrected chi connectivity index (χ1v) is 30.5. The standard InChI is InChI=1S/C83H48N6O/c84-47-67-69(49-86-76-46-52(55-34-19-23-50-21-1-3-25-53(50)55)45-66(56-35-20-24-51-22-2-4-26-54(51)56)78(76)65-44-43-64-63-33-11-18-42-77(63)90-83(64)82(65)86)79(87-70-36-12-5-27-57(70)58-28-6-13-37-71(58)87)68(48-85)81(89-74-40-16-9-31-61(74)62-32-10-17-41-75(62)89)80(67)88-72-38-14-7-29-59(72)60-30-8-15-39-73(60)88/h1-46H,49H2. The maximum absolute atomic E-state index is 13.0. The second-order valence-electron chi connectivity index (χ2n) is 23.6. The summed E-state index contributed by atoms with van der Waals surface area (Å²) in [5, 5.41) is 40.8. The van der Waals surface area contributed by atoms with E-state index in [2.05, 4.69) is 297 Å². The van der Waals surface area contributed by atoms with Crippen LogP contribution in [0.5, 0.6) is 0 Å². The Morgan fingerprint density at radius 2 is 0.711 bits per heavy atom. The minimum atomic E-state index is 0.134. The first-order valence-electron chi connectivity index (χ1n) is 30.5. The van der Waals surface area contributed by atoms with Crippen LogP contribution in [0.2, 0.25) is 0 Å². The average Bonchev–Trinajstić information content (AvgIpc) is 1.52. The monoisotopic (exact) mass is 1140 g/mol. The Morgan fingerprint density at radius 1 is 0.311 bits per heavy atom. The van der Waals surface area contributed by atoms with Gasteiger partial charge in [0, 0.05) is 59.4 Å². The van der Waals surface area contributed by atoms with Crippen molar-refractivity contribution in [3.8, 4) is 51.5 Å². The minimum Gasteiger partial charge on any atom is -0.454 e. The molecule has 0 unspecified atom stereocenters. The summed E-state index contributed by atoms with van der Waals surface area (Å²) in [6.07, 6.45) is 0. The smallest absolute Gasteiger partial charge is 0.159 e. The summed E-state index contributed by atoms with van der Waals surface area (Å²) in [7, 11) is 0. The number of furan rings is 1. The SMILES string of the molecule is N#Cc1c(Cn2c3cc(-c4cccc5ccccc45)cc(-c4cccc5ccccc45)c3c3ccc4c5ccccc5oc4c32)c(-n2c3ccccc3c3ccccc32)c(C#N)c(-n2c3ccccc3c3ccccc32)c1-n1c2ccccc2c2ccccc21. The van der Waals surface area contributed by atoms with Crippen molar-refractivity contribution in [2.45, 2.75) is 6.54 Å². The van der Waals surface area contributed by atoms with E-state index in [9.17, 15) is 10.5 Å². The van der Waals surface area contributed by atoms with E-state index in [4.69, 9.17) is 4.42 Å². The number of hydrogen-bond donors (Lipinski definition) is 0. The van der Waals surface area contributed by atoms with Gasteiger partial charge in [-0.05, 0) is 104 Å². The van der Waals surface area contributed by atoms with Gasteiger partial charge in [-0.15, -0.1) is 0 Å². The van der Waals surface area contributed by atoms with E-state index in [1.165, 1.54) is 0 Å². The molecule has 0 aliphatic heterocycles. The van der Waals surface area contributed by atoms with Crippen molar-refractivity contribution in [3.05, 3.63) is 296 Å². The van der Waals surface area contributed by atoms with Crippen LogP contribution in [-0.4, -0.2) is 18.3 Å². The molecule has 0 saturated carbocycles. The zero-order valence-electron chi connectivity index (χ0n) is 48.4. The van der Waals surface area contributed by atoms with E-state index in [0.717, 1.165) is 153 Å². The summed E-state index contributed by atoms with van der Waals surface area (Å²) in [5.41, 5.74) is 16.5. The quantitative estimate of drug-likeness (QED) is 0.159. The highest BCUT2D eigenvalue weighted by molar-refractivity contribution is 6.26. The van der Waals surface area contributed by atoms with Gasteiger partial charge in [-0.25, -0.2) is 0 Å². The maximum atomic E-state index is 13.0. The Bertz CT molecular complexity index is 6250. The predicted octanol–water partition coefficient (Wildman–Crippen LogP) is 21.4. The van der Waals surface area contributed by atoms with Gasteiger partial charge in [-0.3, -0.25) is 0 Å². The highest BCUT2D eigenvalue weighted by Crippen LogP contribution is 2.50. The minimum absolute atomic E-state index is 0.134. The van der Waals surface area contributed by atoms with Crippen molar-refractivity contribution in [1.82, 2.24) is 18.3 Å². The van der Waals surface area contributed by atoms with Gasteiger partial charge in [-0.2, -0.15) is 10.5 Å². The second-order valence-corrected chi connectivity index (χ2v) is 23.6. The topological polar surface area (TPSA) is 80.4 Å². The van der Waals surface area contributed by atoms with Crippen LogP contribution >= 0.6 is 0 Å². The van der Waals surface area contributed by atoms with Crippen LogP contribution in [0.25, 0.3) is 170 Å². The molecule has 0 aliphatic carbocycles. The van der Waals surface area contributed by atoms with Gasteiger partial charge in [0.15, 0.2) is 5.58 Å². The molecule has 19 aromatic rings. The lowest BCUT2D eigenvalue weighted by Crippen LogP contribution is -2.17. The lowest BCUT2D eigenvalue weighted by molar-refractivity contribution is 0.669. The number of aromatic nitrogens is 4. The molecule has 14 aromatic carbocycles. The van der Waals surface area contributed by atoms with E-state index in [1.807, 2.05) is 12.1 Å². The number of benzene rings is 14. The molecule has 5 aromatic heterocycles. The largest absolute Gasteiger partial charge is 0.454 e. The fraction of sp³-hybridized carbons (Fsp3) is 0.0120. The highest BCUT2D eigenvalue weighted by atomic mass is 16.3. The van der Waals surface area contributed by atoms with Crippen molar-refractivity contribution in [2.75, 3.05) is 0 Å². The van der Waals surface area contributed by atoms with Crippen molar-refractivity contribution in [2.24, 2.45) is 0 Å². The molecule has 19 rings (SSSR count). The number of hydrogen-bond acceptors (Lipinski definition) is 3. The van der Waals surface area contributed by atoms with E-state index < -0.39 is 0 Å². The first-order chi connectivity index (χ1) is 44.6. The predicted molar refractivity (Wildman–Crippen MR) is 371 cm³/mol. The lowest BCUT2D eigenvalue weighted by Gasteiger charge is -2.26. The van der Waals surface area contributed by atoms with Gasteiger partial charge in [0.2, 0.25) is 0 Å². The van der Waals surface area contributed by atoms with Gasteiger partial charge >= 0.3 is 0 Å². The summed E-state index contributed by atoms with van der Waals surface area (Å²) < 4.78 is 16.5. The molecule has 416 valence electrons. The molecule has 7 heteroatoms. The van der Waals surface area contributed by atoms with Crippen LogP contribution in [0.3, 0.4) is 0 Å². The highest BCUT2D eigenvalue weighted by Gasteiger charge is 2.34. The zero-order chi connectivity index (χ0) is 59.3. The van der Waals surface area contributed by atoms with Gasteiger partial charge in [-0.1, -0.05) is 218 Å². The third kappa shape index (κ3) is 6.86. The molecule has 90 heavy (non-hydrogen) atoms. The van der Waals surface area contributed by atoms with Gasteiger partial charge in [0.25, 0.3) is 0 Å². The Morgan fingerprint density at radius 3 is 1.22 bits per heavy atom. The summed E-state index contributed by atoms with van der Waals surface area (Å²) in [5.74, 6) is 0. The molecule has 0 saturated heterocycles. The Hall–Kier alpha value is -12.4. The fourth-order valence-corrected chi connectivity index (χ4v) is 15.4. The van der Waals surface area contributed by atoms with Crippen molar-refractivity contribution in [1.29, 1.82) is 10.5 Å². The van der Waals surface area contributed by atoms with Gasteiger partial charge < -0.3 is 22.7 Å². The van der Waals surface area contributed by atoms with Crippen molar-refractivity contribution < 1.29 is 4.42 Å². The number of rotatable bonds is 7. The van der Waals surface area contributed by atoms with Gasteiger partial charge in [0.05, 0.1) is 73.3 Å². The summed E-state index contributed by atoms with van der Waals surface area (Å²) in [6.45, 7) is 0.134. The van der Waals surface area contributed by atoms with Crippen LogP contribution in [0, 0.1) is 22.7 Å². The molecule has 0 bridgehead atoms. The van der Waals surface area contributed by atoms with E-state index in [-0.39, 0.29) is 6.54 Å². The average molecular weight is 1150 g/mol. The third-order valence-electron chi connectivity index (χ3n) is 19.1. The van der Waals surface area contributed by atoms with Crippen molar-refractivity contribution >= 4 is 131 Å². The van der Waals surface area contributed by atoms with Crippen LogP contribution < -0.4 is 0 Å². The Balaban J connectivity index is 1.06. The third-order valence-corrected chi connectivity index (χ3v) is 19.1. The van der Waals surface area contributed by atoms with E-state index in [0.29, 0.717) is 33.8 Å². The molecule has 5 heterocycles. The molecule has 0 amide bonds. The second kappa shape index (κ2) is 19.0. The molecular weight excluding hydrogens is 1100 g/mol. The van der Waals surface area contributed by atoms with Crippen LogP contribution in [0.4, 0.5) is 0 Å². The fourth-order valence-electron chi connectivity index (χ4n) is 15.4. The number of fused-ring (bicyclic) bond motifs is 18. The van der Waals surface area contributed by atoms with Crippen molar-refractivity contribution in [3.63, 3.8) is 0 Å².